The number of nitrogens with zero attached hydrogens (tertiary/aromatic N) is 6. The van der Waals surface area contributed by atoms with Crippen molar-refractivity contribution in [3.8, 4) is 0 Å². The normalized spacial score (nSPS) is 21.8. The lowest BCUT2D eigenvalue weighted by molar-refractivity contribution is 0.422. The Labute approximate surface area is 147 Å². The second-order valence-corrected chi connectivity index (χ2v) is 8.67. The number of piperidine rings is 1. The van der Waals surface area contributed by atoms with Crippen LogP contribution in [-0.2, 0) is 18.4 Å². The van der Waals surface area contributed by atoms with Gasteiger partial charge >= 0.3 is 0 Å². The first-order chi connectivity index (χ1) is 11.5. The molecule has 24 heavy (non-hydrogen) atoms. The van der Waals surface area contributed by atoms with E-state index in [-0.39, 0.29) is 5.41 Å². The zero-order valence-electron chi connectivity index (χ0n) is 14.8. The number of hydrogen-bond donors (Lipinski definition) is 0. The molecule has 0 N–H and O–H groups in total. The first-order valence-corrected chi connectivity index (χ1v) is 9.84. The van der Waals surface area contributed by atoms with E-state index >= 15 is 0 Å². The third-order valence-electron chi connectivity index (χ3n) is 5.02. The van der Waals surface area contributed by atoms with Crippen LogP contribution in [0.4, 0.5) is 5.13 Å². The monoisotopic (exact) mass is 346 g/mol. The van der Waals surface area contributed by atoms with Gasteiger partial charge in [0.1, 0.15) is 11.6 Å². The van der Waals surface area contributed by atoms with Gasteiger partial charge in [0, 0.05) is 36.5 Å². The van der Waals surface area contributed by atoms with Crippen LogP contribution in [0.2, 0.25) is 0 Å². The molecule has 1 unspecified atom stereocenters. The van der Waals surface area contributed by atoms with E-state index in [9.17, 15) is 0 Å². The lowest BCUT2D eigenvalue weighted by atomic mass is 9.96. The maximum atomic E-state index is 4.85. The van der Waals surface area contributed by atoms with Gasteiger partial charge in [-0.05, 0) is 32.1 Å². The smallest absolute Gasteiger partial charge is 0.205 e. The van der Waals surface area contributed by atoms with Crippen molar-refractivity contribution in [1.29, 1.82) is 0 Å². The van der Waals surface area contributed by atoms with Crippen LogP contribution in [0.25, 0.3) is 0 Å². The zero-order valence-corrected chi connectivity index (χ0v) is 15.6. The molecule has 4 heterocycles. The van der Waals surface area contributed by atoms with Gasteiger partial charge in [0.2, 0.25) is 5.13 Å². The van der Waals surface area contributed by atoms with E-state index in [4.69, 9.17) is 4.98 Å². The molecular weight excluding hydrogens is 320 g/mol. The molecule has 0 aromatic carbocycles. The Balaban J connectivity index is 1.66. The highest BCUT2D eigenvalue weighted by atomic mass is 32.1. The Bertz CT molecular complexity index is 713. The third-order valence-corrected chi connectivity index (χ3v) is 5.77. The Kier molecular flexibility index (Phi) is 4.06. The molecule has 0 radical (unpaired) electrons. The lowest BCUT2D eigenvalue weighted by Crippen LogP contribution is -2.35. The van der Waals surface area contributed by atoms with Gasteiger partial charge in [0.05, 0.1) is 6.04 Å². The van der Waals surface area contributed by atoms with Crippen molar-refractivity contribution in [3.05, 3.63) is 17.5 Å². The predicted octanol–water partition coefficient (Wildman–Crippen LogP) is 3.50. The Morgan fingerprint density at radius 2 is 1.88 bits per heavy atom. The lowest BCUT2D eigenvalue weighted by Gasteiger charge is -2.35. The number of anilines is 1. The number of fused-ring (bicyclic) bond motifs is 1. The van der Waals surface area contributed by atoms with Crippen LogP contribution in [0.5, 0.6) is 0 Å². The largest absolute Gasteiger partial charge is 0.337 e. The van der Waals surface area contributed by atoms with Crippen LogP contribution in [0.15, 0.2) is 0 Å². The molecule has 2 aliphatic rings. The third kappa shape index (κ3) is 2.83. The molecule has 4 rings (SSSR count). The summed E-state index contributed by atoms with van der Waals surface area (Å²) >= 11 is 1.53. The standard InChI is InChI=1S/C17H26N6S/c1-17(2,3)15-18-16(24-21-15)22-10-6-4-8-12(22)14-20-19-13-9-5-7-11-23(13)14/h12H,4-11H2,1-3H3. The topological polar surface area (TPSA) is 59.7 Å². The van der Waals surface area contributed by atoms with Crippen molar-refractivity contribution >= 4 is 16.7 Å². The van der Waals surface area contributed by atoms with Gasteiger partial charge < -0.3 is 9.47 Å². The fourth-order valence-electron chi connectivity index (χ4n) is 3.64. The summed E-state index contributed by atoms with van der Waals surface area (Å²) in [6, 6.07) is 0.291. The Morgan fingerprint density at radius 3 is 2.67 bits per heavy atom. The maximum Gasteiger partial charge on any atom is 0.205 e. The van der Waals surface area contributed by atoms with Crippen LogP contribution < -0.4 is 4.90 Å². The van der Waals surface area contributed by atoms with Gasteiger partial charge in [-0.3, -0.25) is 0 Å². The predicted molar refractivity (Wildman–Crippen MR) is 95.5 cm³/mol. The molecule has 6 nitrogen and oxygen atoms in total. The minimum Gasteiger partial charge on any atom is -0.337 e. The van der Waals surface area contributed by atoms with Crippen LogP contribution >= 0.6 is 11.5 Å². The van der Waals surface area contributed by atoms with Gasteiger partial charge in [0.25, 0.3) is 0 Å². The van der Waals surface area contributed by atoms with Crippen molar-refractivity contribution in [2.75, 3.05) is 11.4 Å². The zero-order chi connectivity index (χ0) is 16.7. The average Bonchev–Trinajstić information content (AvgIpc) is 3.22. The number of hydrogen-bond acceptors (Lipinski definition) is 6. The first-order valence-electron chi connectivity index (χ1n) is 9.07. The molecule has 0 aliphatic carbocycles. The number of aromatic nitrogens is 5. The van der Waals surface area contributed by atoms with Gasteiger partial charge in [-0.1, -0.05) is 20.8 Å². The quantitative estimate of drug-likeness (QED) is 0.833. The van der Waals surface area contributed by atoms with Gasteiger partial charge in [0.15, 0.2) is 5.82 Å². The molecule has 2 aliphatic heterocycles. The summed E-state index contributed by atoms with van der Waals surface area (Å²) in [4.78, 5) is 7.27. The summed E-state index contributed by atoms with van der Waals surface area (Å²) in [6.07, 6.45) is 7.11. The van der Waals surface area contributed by atoms with Crippen molar-refractivity contribution in [1.82, 2.24) is 24.1 Å². The molecule has 2 aromatic rings. The first kappa shape index (κ1) is 16.0. The van der Waals surface area contributed by atoms with Crippen molar-refractivity contribution < 1.29 is 0 Å². The summed E-state index contributed by atoms with van der Waals surface area (Å²) in [6.45, 7) is 8.60. The maximum absolute atomic E-state index is 4.85. The van der Waals surface area contributed by atoms with Crippen LogP contribution in [0.1, 0.15) is 76.4 Å². The summed E-state index contributed by atoms with van der Waals surface area (Å²) in [5, 5.41) is 10.1. The van der Waals surface area contributed by atoms with E-state index in [2.05, 4.69) is 44.8 Å². The molecule has 1 atom stereocenters. The van der Waals surface area contributed by atoms with Crippen molar-refractivity contribution in [2.24, 2.45) is 0 Å². The average molecular weight is 347 g/mol. The Morgan fingerprint density at radius 1 is 1.04 bits per heavy atom. The van der Waals surface area contributed by atoms with Crippen LogP contribution in [-0.4, -0.2) is 30.7 Å². The summed E-state index contributed by atoms with van der Waals surface area (Å²) in [5.41, 5.74) is -0.00589. The second-order valence-electron chi connectivity index (χ2n) is 7.94. The number of rotatable bonds is 2. The highest BCUT2D eigenvalue weighted by Gasteiger charge is 2.32. The van der Waals surface area contributed by atoms with Gasteiger partial charge in [-0.2, -0.15) is 4.37 Å². The van der Waals surface area contributed by atoms with Gasteiger partial charge in [-0.25, -0.2) is 4.98 Å². The molecule has 0 bridgehead atoms. The molecule has 7 heteroatoms. The molecule has 1 fully saturated rings. The fourth-order valence-corrected chi connectivity index (χ4v) is 4.58. The minimum atomic E-state index is -0.00589. The summed E-state index contributed by atoms with van der Waals surface area (Å²) in [7, 11) is 0. The Hall–Kier alpha value is -1.50. The molecular formula is C17H26N6S. The molecule has 0 spiro atoms. The number of aryl methyl sites for hydroxylation is 1. The summed E-state index contributed by atoms with van der Waals surface area (Å²) < 4.78 is 6.97. The van der Waals surface area contributed by atoms with E-state index in [1.807, 2.05) is 0 Å². The van der Waals surface area contributed by atoms with Crippen molar-refractivity contribution in [2.45, 2.75) is 77.3 Å². The van der Waals surface area contributed by atoms with Crippen molar-refractivity contribution in [3.63, 3.8) is 0 Å². The molecule has 130 valence electrons. The second kappa shape index (κ2) is 6.10. The minimum absolute atomic E-state index is 0.00589. The van der Waals surface area contributed by atoms with E-state index in [0.717, 1.165) is 48.5 Å². The van der Waals surface area contributed by atoms with E-state index < -0.39 is 0 Å². The van der Waals surface area contributed by atoms with Crippen LogP contribution in [0, 0.1) is 0 Å². The molecule has 0 saturated carbocycles. The molecule has 1 saturated heterocycles. The highest BCUT2D eigenvalue weighted by Crippen LogP contribution is 2.37. The SMILES string of the molecule is CC(C)(C)c1nsc(N2CCCCC2c2nnc3n2CCCC3)n1. The van der Waals surface area contributed by atoms with E-state index in [1.165, 1.54) is 37.2 Å². The van der Waals surface area contributed by atoms with E-state index in [0.29, 0.717) is 6.04 Å². The van der Waals surface area contributed by atoms with E-state index in [1.54, 1.807) is 0 Å². The fraction of sp³-hybridized carbons (Fsp3) is 0.765. The highest BCUT2D eigenvalue weighted by molar-refractivity contribution is 7.09. The van der Waals surface area contributed by atoms with Crippen LogP contribution in [0.3, 0.4) is 0 Å². The van der Waals surface area contributed by atoms with Gasteiger partial charge in [-0.15, -0.1) is 10.2 Å². The molecule has 0 amide bonds. The summed E-state index contributed by atoms with van der Waals surface area (Å²) in [5.74, 6) is 3.24. The molecule has 2 aromatic heterocycles.